The maximum Gasteiger partial charge on any atom is 0.0900 e. The van der Waals surface area contributed by atoms with Gasteiger partial charge in [-0.25, -0.2) is 4.98 Å². The minimum absolute atomic E-state index is 0.494. The Kier molecular flexibility index (Phi) is 3.67. The van der Waals surface area contributed by atoms with Crippen LogP contribution in [0.2, 0.25) is 0 Å². The molecule has 106 valence electrons. The molecule has 4 heteroatoms. The van der Waals surface area contributed by atoms with Crippen LogP contribution in [0.1, 0.15) is 54.2 Å². The highest BCUT2D eigenvalue weighted by atomic mass is 32.1. The number of thiazole rings is 1. The number of piperidine rings is 1. The highest BCUT2D eigenvalue weighted by Crippen LogP contribution is 2.35. The van der Waals surface area contributed by atoms with E-state index in [2.05, 4.69) is 43.0 Å². The highest BCUT2D eigenvalue weighted by Gasteiger charge is 2.36. The van der Waals surface area contributed by atoms with E-state index in [1.165, 1.54) is 41.3 Å². The van der Waals surface area contributed by atoms with Crippen molar-refractivity contribution in [3.8, 4) is 0 Å². The lowest BCUT2D eigenvalue weighted by Gasteiger charge is -2.38. The molecule has 1 aromatic heterocycles. The first-order valence-electron chi connectivity index (χ1n) is 7.46. The molecule has 3 unspecified atom stereocenters. The third-order valence-electron chi connectivity index (χ3n) is 4.95. The lowest BCUT2D eigenvalue weighted by molar-refractivity contribution is 0.134. The molecule has 3 nitrogen and oxygen atoms in total. The molecule has 0 saturated carbocycles. The number of hydrogen-bond acceptors (Lipinski definition) is 4. The summed E-state index contributed by atoms with van der Waals surface area (Å²) < 4.78 is 0. The number of aromatic nitrogens is 1. The summed E-state index contributed by atoms with van der Waals surface area (Å²) in [5.41, 5.74) is 1.22. The van der Waals surface area contributed by atoms with Gasteiger partial charge in [0.2, 0.25) is 0 Å². The van der Waals surface area contributed by atoms with Crippen molar-refractivity contribution in [2.24, 2.45) is 0 Å². The van der Waals surface area contributed by atoms with Crippen LogP contribution in [0.3, 0.4) is 0 Å². The second kappa shape index (κ2) is 5.15. The normalized spacial score (nSPS) is 31.9. The largest absolute Gasteiger partial charge is 0.311 e. The Labute approximate surface area is 120 Å². The van der Waals surface area contributed by atoms with Crippen LogP contribution < -0.4 is 5.32 Å². The summed E-state index contributed by atoms with van der Waals surface area (Å²) in [4.78, 5) is 8.62. The van der Waals surface area contributed by atoms with E-state index >= 15 is 0 Å². The van der Waals surface area contributed by atoms with Crippen molar-refractivity contribution < 1.29 is 0 Å². The third kappa shape index (κ3) is 2.58. The van der Waals surface area contributed by atoms with E-state index in [4.69, 9.17) is 0 Å². The molecule has 19 heavy (non-hydrogen) atoms. The molecule has 2 saturated heterocycles. The smallest absolute Gasteiger partial charge is 0.0900 e. The molecule has 3 heterocycles. The number of fused-ring (bicyclic) bond motifs is 2. The number of aryl methyl sites for hydroxylation is 2. The molecular weight excluding hydrogens is 254 g/mol. The molecule has 2 aliphatic heterocycles. The van der Waals surface area contributed by atoms with Gasteiger partial charge in [0.15, 0.2) is 0 Å². The Balaban J connectivity index is 1.72. The predicted molar refractivity (Wildman–Crippen MR) is 80.7 cm³/mol. The molecule has 1 aromatic rings. The topological polar surface area (TPSA) is 28.2 Å². The molecule has 3 atom stereocenters. The van der Waals surface area contributed by atoms with Crippen molar-refractivity contribution in [1.29, 1.82) is 0 Å². The zero-order valence-electron chi connectivity index (χ0n) is 12.4. The van der Waals surface area contributed by atoms with Gasteiger partial charge in [-0.1, -0.05) is 0 Å². The quantitative estimate of drug-likeness (QED) is 0.922. The minimum Gasteiger partial charge on any atom is -0.311 e. The van der Waals surface area contributed by atoms with Crippen LogP contribution in [0.5, 0.6) is 0 Å². The van der Waals surface area contributed by atoms with Gasteiger partial charge in [-0.2, -0.15) is 0 Å². The average molecular weight is 279 g/mol. The fraction of sp³-hybridized carbons (Fsp3) is 0.800. The molecule has 0 aromatic carbocycles. The Morgan fingerprint density at radius 2 is 1.89 bits per heavy atom. The molecule has 2 fully saturated rings. The molecule has 0 aliphatic carbocycles. The molecule has 0 amide bonds. The predicted octanol–water partition coefficient (Wildman–Crippen LogP) is 3.04. The third-order valence-corrected chi connectivity index (χ3v) is 6.20. The van der Waals surface area contributed by atoms with Crippen molar-refractivity contribution in [3.63, 3.8) is 0 Å². The number of nitrogens with zero attached hydrogens (tertiary/aromatic N) is 2. The Hall–Kier alpha value is -0.450. The number of nitrogens with one attached hydrogen (secondary N) is 1. The summed E-state index contributed by atoms with van der Waals surface area (Å²) in [6, 6.07) is 2.76. The SMILES string of the molecule is Cc1nc(C)c(C(C)N(C)C2CC3CCC(C2)N3)s1. The molecule has 2 aliphatic rings. The van der Waals surface area contributed by atoms with Crippen LogP contribution in [0.25, 0.3) is 0 Å². The second-order valence-electron chi connectivity index (χ2n) is 6.29. The van der Waals surface area contributed by atoms with Gasteiger partial charge in [0.1, 0.15) is 0 Å². The van der Waals surface area contributed by atoms with Crippen molar-refractivity contribution in [2.75, 3.05) is 7.05 Å². The molecular formula is C15H25N3S. The second-order valence-corrected chi connectivity index (χ2v) is 7.52. The van der Waals surface area contributed by atoms with Crippen LogP contribution in [-0.2, 0) is 0 Å². The van der Waals surface area contributed by atoms with E-state index in [-0.39, 0.29) is 0 Å². The maximum atomic E-state index is 4.58. The standard InChI is InChI=1S/C15H25N3S/c1-9-15(19-11(3)16-9)10(2)18(4)14-7-12-5-6-13(8-14)17-12/h10,12-14,17H,5-8H2,1-4H3. The van der Waals surface area contributed by atoms with Crippen LogP contribution in [0, 0.1) is 13.8 Å². The van der Waals surface area contributed by atoms with E-state index in [9.17, 15) is 0 Å². The van der Waals surface area contributed by atoms with E-state index in [0.29, 0.717) is 6.04 Å². The lowest BCUT2D eigenvalue weighted by Crippen LogP contribution is -2.47. The summed E-state index contributed by atoms with van der Waals surface area (Å²) in [6.07, 6.45) is 5.38. The molecule has 0 radical (unpaired) electrons. The fourth-order valence-corrected chi connectivity index (χ4v) is 4.83. The van der Waals surface area contributed by atoms with Gasteiger partial charge in [0.05, 0.1) is 10.7 Å². The highest BCUT2D eigenvalue weighted by molar-refractivity contribution is 7.11. The zero-order valence-corrected chi connectivity index (χ0v) is 13.3. The van der Waals surface area contributed by atoms with Crippen molar-refractivity contribution in [3.05, 3.63) is 15.6 Å². The van der Waals surface area contributed by atoms with Crippen LogP contribution in [0.15, 0.2) is 0 Å². The van der Waals surface area contributed by atoms with Crippen LogP contribution in [-0.4, -0.2) is 35.1 Å². The molecule has 2 bridgehead atoms. The van der Waals surface area contributed by atoms with E-state index in [1.807, 2.05) is 11.3 Å². The monoisotopic (exact) mass is 279 g/mol. The first kappa shape index (κ1) is 13.5. The van der Waals surface area contributed by atoms with E-state index in [1.54, 1.807) is 0 Å². The summed E-state index contributed by atoms with van der Waals surface area (Å²) in [7, 11) is 2.30. The van der Waals surface area contributed by atoms with Gasteiger partial charge in [-0.05, 0) is 53.5 Å². The number of hydrogen-bond donors (Lipinski definition) is 1. The van der Waals surface area contributed by atoms with Gasteiger partial charge >= 0.3 is 0 Å². The van der Waals surface area contributed by atoms with Crippen molar-refractivity contribution in [2.45, 2.75) is 70.6 Å². The average Bonchev–Trinajstić information content (AvgIpc) is 2.89. The fourth-order valence-electron chi connectivity index (χ4n) is 3.80. The zero-order chi connectivity index (χ0) is 13.6. The summed E-state index contributed by atoms with van der Waals surface area (Å²) >= 11 is 1.86. The Morgan fingerprint density at radius 1 is 1.26 bits per heavy atom. The maximum absolute atomic E-state index is 4.58. The van der Waals surface area contributed by atoms with Gasteiger partial charge in [0, 0.05) is 29.0 Å². The molecule has 3 rings (SSSR count). The van der Waals surface area contributed by atoms with Crippen LogP contribution >= 0.6 is 11.3 Å². The van der Waals surface area contributed by atoms with Gasteiger partial charge in [-0.3, -0.25) is 4.90 Å². The summed E-state index contributed by atoms with van der Waals surface area (Å²) in [5.74, 6) is 0. The number of rotatable bonds is 3. The lowest BCUT2D eigenvalue weighted by atomic mass is 9.97. The van der Waals surface area contributed by atoms with Crippen LogP contribution in [0.4, 0.5) is 0 Å². The van der Waals surface area contributed by atoms with Gasteiger partial charge in [0.25, 0.3) is 0 Å². The molecule has 1 N–H and O–H groups in total. The van der Waals surface area contributed by atoms with E-state index < -0.39 is 0 Å². The van der Waals surface area contributed by atoms with Gasteiger partial charge < -0.3 is 5.32 Å². The first-order valence-corrected chi connectivity index (χ1v) is 8.28. The van der Waals surface area contributed by atoms with Crippen molar-refractivity contribution in [1.82, 2.24) is 15.2 Å². The van der Waals surface area contributed by atoms with Gasteiger partial charge in [-0.15, -0.1) is 11.3 Å². The minimum atomic E-state index is 0.494. The summed E-state index contributed by atoms with van der Waals surface area (Å²) in [5, 5.41) is 4.93. The summed E-state index contributed by atoms with van der Waals surface area (Å²) in [6.45, 7) is 6.60. The Bertz CT molecular complexity index is 444. The first-order chi connectivity index (χ1) is 9.04. The molecule has 0 spiro atoms. The Morgan fingerprint density at radius 3 is 2.42 bits per heavy atom. The van der Waals surface area contributed by atoms with Crippen molar-refractivity contribution >= 4 is 11.3 Å². The van der Waals surface area contributed by atoms with E-state index in [0.717, 1.165) is 18.1 Å².